The summed E-state index contributed by atoms with van der Waals surface area (Å²) < 4.78 is 4.51. The number of urea groups is 1. The van der Waals surface area contributed by atoms with E-state index in [9.17, 15) is 19.5 Å². The molecule has 120 valence electrons. The van der Waals surface area contributed by atoms with Gasteiger partial charge < -0.3 is 20.1 Å². The summed E-state index contributed by atoms with van der Waals surface area (Å²) in [5.74, 6) is -1.39. The number of aliphatic carboxylic acids is 1. The highest BCUT2D eigenvalue weighted by Crippen LogP contribution is 2.27. The normalized spacial score (nSPS) is 17.4. The van der Waals surface area contributed by atoms with E-state index in [-0.39, 0.29) is 13.0 Å². The van der Waals surface area contributed by atoms with E-state index in [1.165, 1.54) is 19.1 Å². The molecule has 0 radical (unpaired) electrons. The first kappa shape index (κ1) is 17.3. The average molecular weight is 300 g/mol. The topological polar surface area (TPSA) is 95.9 Å². The number of methoxy groups -OCH3 is 1. The van der Waals surface area contributed by atoms with Crippen molar-refractivity contribution >= 4 is 18.0 Å². The third kappa shape index (κ3) is 4.91. The molecule has 0 aliphatic heterocycles. The number of carboxylic acid groups (broad SMARTS) is 1. The fourth-order valence-corrected chi connectivity index (χ4v) is 2.49. The van der Waals surface area contributed by atoms with Crippen molar-refractivity contribution < 1.29 is 24.2 Å². The molecule has 0 aromatic carbocycles. The van der Waals surface area contributed by atoms with E-state index >= 15 is 0 Å². The number of hydrogen-bond acceptors (Lipinski definition) is 4. The molecule has 1 aliphatic carbocycles. The third-order valence-electron chi connectivity index (χ3n) is 3.94. The van der Waals surface area contributed by atoms with Crippen molar-refractivity contribution in [1.29, 1.82) is 0 Å². The van der Waals surface area contributed by atoms with Gasteiger partial charge in [-0.1, -0.05) is 25.7 Å². The molecule has 7 nitrogen and oxygen atoms in total. The predicted molar refractivity (Wildman–Crippen MR) is 75.9 cm³/mol. The van der Waals surface area contributed by atoms with Crippen molar-refractivity contribution in [2.24, 2.45) is 0 Å². The van der Waals surface area contributed by atoms with E-state index < -0.39 is 23.5 Å². The molecule has 2 amide bonds. The number of rotatable bonds is 5. The molecule has 0 bridgehead atoms. The molecule has 1 rings (SSSR count). The molecule has 7 heteroatoms. The lowest BCUT2D eigenvalue weighted by Gasteiger charge is -2.31. The molecular formula is C14H24N2O5. The fourth-order valence-electron chi connectivity index (χ4n) is 2.49. The predicted octanol–water partition coefficient (Wildman–Crippen LogP) is 1.37. The molecule has 0 unspecified atom stereocenters. The minimum atomic E-state index is -1.19. The van der Waals surface area contributed by atoms with Gasteiger partial charge in [0.15, 0.2) is 0 Å². The summed E-state index contributed by atoms with van der Waals surface area (Å²) in [5.41, 5.74) is -1.19. The van der Waals surface area contributed by atoms with Crippen LogP contribution < -0.4 is 5.32 Å². The first-order valence-corrected chi connectivity index (χ1v) is 7.25. The number of carboxylic acids is 1. The van der Waals surface area contributed by atoms with Crippen LogP contribution in [0, 0.1) is 0 Å². The van der Waals surface area contributed by atoms with Gasteiger partial charge in [-0.15, -0.1) is 0 Å². The van der Waals surface area contributed by atoms with E-state index in [0.717, 1.165) is 25.7 Å². The Kier molecular flexibility index (Phi) is 6.45. The fraction of sp³-hybridized carbons (Fsp3) is 0.786. The van der Waals surface area contributed by atoms with E-state index in [4.69, 9.17) is 0 Å². The van der Waals surface area contributed by atoms with Crippen LogP contribution in [0.1, 0.15) is 44.9 Å². The minimum Gasteiger partial charge on any atom is -0.480 e. The molecule has 2 N–H and O–H groups in total. The van der Waals surface area contributed by atoms with Crippen LogP contribution in [0.2, 0.25) is 0 Å². The zero-order valence-electron chi connectivity index (χ0n) is 12.7. The Hall–Kier alpha value is -1.79. The van der Waals surface area contributed by atoms with E-state index in [2.05, 4.69) is 10.1 Å². The number of nitrogens with one attached hydrogen (secondary N) is 1. The summed E-state index contributed by atoms with van der Waals surface area (Å²) in [7, 11) is 2.82. The number of nitrogens with zero attached hydrogens (tertiary/aromatic N) is 1. The second kappa shape index (κ2) is 7.85. The zero-order chi connectivity index (χ0) is 15.9. The molecule has 0 spiro atoms. The van der Waals surface area contributed by atoms with Gasteiger partial charge in [-0.05, 0) is 12.8 Å². The van der Waals surface area contributed by atoms with Crippen LogP contribution >= 0.6 is 0 Å². The first-order valence-electron chi connectivity index (χ1n) is 7.25. The summed E-state index contributed by atoms with van der Waals surface area (Å²) in [4.78, 5) is 36.1. The maximum atomic E-state index is 12.1. The first-order chi connectivity index (χ1) is 9.91. The molecule has 1 aliphatic rings. The maximum absolute atomic E-state index is 12.1. The Morgan fingerprint density at radius 1 is 1.19 bits per heavy atom. The van der Waals surface area contributed by atoms with Crippen LogP contribution in [0.15, 0.2) is 0 Å². The van der Waals surface area contributed by atoms with Crippen LogP contribution in [0.25, 0.3) is 0 Å². The van der Waals surface area contributed by atoms with Crippen molar-refractivity contribution in [3.8, 4) is 0 Å². The maximum Gasteiger partial charge on any atom is 0.329 e. The largest absolute Gasteiger partial charge is 0.480 e. The van der Waals surface area contributed by atoms with Crippen molar-refractivity contribution in [2.75, 3.05) is 20.7 Å². The molecule has 0 aromatic rings. The molecule has 0 atom stereocenters. The molecule has 21 heavy (non-hydrogen) atoms. The molecule has 0 saturated heterocycles. The minimum absolute atomic E-state index is 0.0838. The lowest BCUT2D eigenvalue weighted by molar-refractivity contribution is -0.145. The van der Waals surface area contributed by atoms with Crippen molar-refractivity contribution in [3.05, 3.63) is 0 Å². The van der Waals surface area contributed by atoms with Gasteiger partial charge in [-0.25, -0.2) is 9.59 Å². The van der Waals surface area contributed by atoms with E-state index in [1.807, 2.05) is 0 Å². The van der Waals surface area contributed by atoms with Gasteiger partial charge in [0.1, 0.15) is 5.54 Å². The van der Waals surface area contributed by atoms with Gasteiger partial charge in [-0.2, -0.15) is 0 Å². The number of ether oxygens (including phenoxy) is 1. The molecule has 1 saturated carbocycles. The van der Waals surface area contributed by atoms with Gasteiger partial charge in [0.2, 0.25) is 0 Å². The molecule has 0 aromatic heterocycles. The summed E-state index contributed by atoms with van der Waals surface area (Å²) >= 11 is 0. The Labute approximate surface area is 124 Å². The third-order valence-corrected chi connectivity index (χ3v) is 3.94. The smallest absolute Gasteiger partial charge is 0.329 e. The number of hydrogen-bond donors (Lipinski definition) is 2. The van der Waals surface area contributed by atoms with E-state index in [1.54, 1.807) is 0 Å². The number of carbonyl (C=O) groups excluding carboxylic acids is 2. The van der Waals surface area contributed by atoms with Crippen molar-refractivity contribution in [3.63, 3.8) is 0 Å². The zero-order valence-corrected chi connectivity index (χ0v) is 12.7. The van der Waals surface area contributed by atoms with Gasteiger partial charge in [0.05, 0.1) is 13.5 Å². The van der Waals surface area contributed by atoms with Crippen LogP contribution in [0.3, 0.4) is 0 Å². The molecule has 1 fully saturated rings. The highest BCUT2D eigenvalue weighted by Gasteiger charge is 2.40. The summed E-state index contributed by atoms with van der Waals surface area (Å²) in [6.45, 7) is 0.189. The van der Waals surface area contributed by atoms with Crippen LogP contribution in [-0.2, 0) is 14.3 Å². The Morgan fingerprint density at radius 3 is 2.24 bits per heavy atom. The number of carbonyl (C=O) groups is 3. The summed E-state index contributed by atoms with van der Waals surface area (Å²) in [6, 6.07) is -0.469. The molecule has 0 heterocycles. The highest BCUT2D eigenvalue weighted by molar-refractivity contribution is 5.86. The van der Waals surface area contributed by atoms with E-state index in [0.29, 0.717) is 12.8 Å². The van der Waals surface area contributed by atoms with Gasteiger partial charge >= 0.3 is 18.0 Å². The quantitative estimate of drug-likeness (QED) is 0.590. The van der Waals surface area contributed by atoms with Crippen molar-refractivity contribution in [1.82, 2.24) is 10.2 Å². The van der Waals surface area contributed by atoms with Crippen LogP contribution in [0.4, 0.5) is 4.79 Å². The SMILES string of the molecule is COC(=O)CCN(C)C(=O)NC1(C(=O)O)CCCCCC1. The standard InChI is InChI=1S/C14H24N2O5/c1-16(10-7-11(17)21-2)13(20)15-14(12(18)19)8-5-3-4-6-9-14/h3-10H2,1-2H3,(H,15,20)(H,18,19). The lowest BCUT2D eigenvalue weighted by Crippen LogP contribution is -2.57. The van der Waals surface area contributed by atoms with Gasteiger partial charge in [-0.3, -0.25) is 4.79 Å². The Balaban J connectivity index is 2.63. The van der Waals surface area contributed by atoms with Gasteiger partial charge in [0.25, 0.3) is 0 Å². The van der Waals surface area contributed by atoms with Crippen LogP contribution in [-0.4, -0.2) is 54.2 Å². The summed E-state index contributed by atoms with van der Waals surface area (Å²) in [6.07, 6.45) is 4.53. The molecular weight excluding hydrogens is 276 g/mol. The highest BCUT2D eigenvalue weighted by atomic mass is 16.5. The second-order valence-corrected chi connectivity index (χ2v) is 5.48. The number of amides is 2. The number of esters is 1. The monoisotopic (exact) mass is 300 g/mol. The van der Waals surface area contributed by atoms with Crippen molar-refractivity contribution in [2.45, 2.75) is 50.5 Å². The average Bonchev–Trinajstić information content (AvgIpc) is 2.70. The summed E-state index contributed by atoms with van der Waals surface area (Å²) in [5, 5.41) is 12.1. The second-order valence-electron chi connectivity index (χ2n) is 5.48. The van der Waals surface area contributed by atoms with Gasteiger partial charge in [0, 0.05) is 13.6 Å². The Morgan fingerprint density at radius 2 is 1.76 bits per heavy atom. The lowest BCUT2D eigenvalue weighted by atomic mass is 9.90. The Bertz CT molecular complexity index is 389. The van der Waals surface area contributed by atoms with Crippen LogP contribution in [0.5, 0.6) is 0 Å².